The zero-order valence-corrected chi connectivity index (χ0v) is 7.90. The Hall–Kier alpha value is -1.55. The van der Waals surface area contributed by atoms with E-state index in [-0.39, 0.29) is 12.2 Å². The van der Waals surface area contributed by atoms with Gasteiger partial charge in [-0.3, -0.25) is 4.79 Å². The molecule has 4 heteroatoms. The van der Waals surface area contributed by atoms with Crippen LogP contribution in [-0.2, 0) is 11.2 Å². The number of aryl methyl sites for hydroxylation is 1. The highest BCUT2D eigenvalue weighted by Gasteiger charge is 2.12. The summed E-state index contributed by atoms with van der Waals surface area (Å²) >= 11 is 0. The first-order chi connectivity index (χ1) is 6.49. The number of hydrogen-bond donors (Lipinski definition) is 3. The van der Waals surface area contributed by atoms with Crippen LogP contribution in [-0.4, -0.2) is 22.2 Å². The second-order valence-electron chi connectivity index (χ2n) is 3.33. The minimum atomic E-state index is -1.04. The minimum absolute atomic E-state index is 0.137. The van der Waals surface area contributed by atoms with Crippen molar-refractivity contribution < 1.29 is 15.0 Å². The van der Waals surface area contributed by atoms with E-state index in [1.807, 2.05) is 13.0 Å². The van der Waals surface area contributed by atoms with Gasteiger partial charge in [-0.1, -0.05) is 6.07 Å². The van der Waals surface area contributed by atoms with Gasteiger partial charge in [0.25, 0.3) is 0 Å². The minimum Gasteiger partial charge on any atom is -0.508 e. The second-order valence-corrected chi connectivity index (χ2v) is 3.33. The number of benzene rings is 1. The van der Waals surface area contributed by atoms with Gasteiger partial charge in [0.1, 0.15) is 11.8 Å². The molecule has 0 saturated carbocycles. The zero-order chi connectivity index (χ0) is 10.7. The lowest BCUT2D eigenvalue weighted by Crippen LogP contribution is -2.32. The molecule has 0 radical (unpaired) electrons. The van der Waals surface area contributed by atoms with Crippen LogP contribution >= 0.6 is 0 Å². The van der Waals surface area contributed by atoms with E-state index < -0.39 is 12.0 Å². The van der Waals surface area contributed by atoms with Crippen LogP contribution < -0.4 is 5.73 Å². The molecule has 1 atom stereocenters. The number of carbonyl (C=O) groups is 1. The van der Waals surface area contributed by atoms with Crippen molar-refractivity contribution in [2.45, 2.75) is 19.4 Å². The predicted octanol–water partition coefficient (Wildman–Crippen LogP) is 0.655. The first-order valence-electron chi connectivity index (χ1n) is 4.27. The molecule has 0 fully saturated rings. The van der Waals surface area contributed by atoms with Gasteiger partial charge in [0, 0.05) is 0 Å². The summed E-state index contributed by atoms with van der Waals surface area (Å²) < 4.78 is 0. The molecule has 0 heterocycles. The van der Waals surface area contributed by atoms with Gasteiger partial charge in [0.05, 0.1) is 0 Å². The molecule has 1 rings (SSSR count). The number of aliphatic carboxylic acids is 1. The van der Waals surface area contributed by atoms with Crippen molar-refractivity contribution in [1.82, 2.24) is 0 Å². The fourth-order valence-electron chi connectivity index (χ4n) is 1.30. The topological polar surface area (TPSA) is 83.5 Å². The third kappa shape index (κ3) is 2.74. The molecule has 0 aromatic heterocycles. The molecular weight excluding hydrogens is 182 g/mol. The molecule has 0 unspecified atom stereocenters. The zero-order valence-electron chi connectivity index (χ0n) is 7.90. The maximum atomic E-state index is 10.5. The molecule has 0 amide bonds. The smallest absolute Gasteiger partial charge is 0.320 e. The largest absolute Gasteiger partial charge is 0.508 e. The average Bonchev–Trinajstić information content (AvgIpc) is 2.01. The molecule has 0 bridgehead atoms. The Morgan fingerprint density at radius 1 is 1.50 bits per heavy atom. The van der Waals surface area contributed by atoms with E-state index in [4.69, 9.17) is 10.8 Å². The molecule has 0 aliphatic heterocycles. The average molecular weight is 195 g/mol. The van der Waals surface area contributed by atoms with Gasteiger partial charge < -0.3 is 15.9 Å². The number of hydrogen-bond acceptors (Lipinski definition) is 3. The first-order valence-corrected chi connectivity index (χ1v) is 4.27. The number of phenols is 1. The van der Waals surface area contributed by atoms with Gasteiger partial charge in [0.15, 0.2) is 0 Å². The van der Waals surface area contributed by atoms with E-state index in [2.05, 4.69) is 0 Å². The van der Waals surface area contributed by atoms with Crippen LogP contribution in [0.2, 0.25) is 0 Å². The number of carboxylic acid groups (broad SMARTS) is 1. The molecule has 4 nitrogen and oxygen atoms in total. The molecule has 0 aliphatic carbocycles. The quantitative estimate of drug-likeness (QED) is 0.661. The Kier molecular flexibility index (Phi) is 3.09. The van der Waals surface area contributed by atoms with E-state index in [9.17, 15) is 9.90 Å². The highest BCUT2D eigenvalue weighted by Crippen LogP contribution is 2.15. The van der Waals surface area contributed by atoms with Gasteiger partial charge in [-0.2, -0.15) is 0 Å². The SMILES string of the molecule is Cc1cc(O)cc(C[C@H](N)C(=O)O)c1. The Balaban J connectivity index is 2.81. The molecule has 0 saturated heterocycles. The maximum absolute atomic E-state index is 10.5. The Morgan fingerprint density at radius 2 is 2.14 bits per heavy atom. The summed E-state index contributed by atoms with van der Waals surface area (Å²) in [7, 11) is 0. The van der Waals surface area contributed by atoms with Crippen LogP contribution in [0.3, 0.4) is 0 Å². The van der Waals surface area contributed by atoms with E-state index >= 15 is 0 Å². The summed E-state index contributed by atoms with van der Waals surface area (Å²) in [6, 6.07) is 4.02. The van der Waals surface area contributed by atoms with Crippen LogP contribution in [0.15, 0.2) is 18.2 Å². The number of aromatic hydroxyl groups is 1. The summed E-state index contributed by atoms with van der Waals surface area (Å²) in [5, 5.41) is 17.9. The van der Waals surface area contributed by atoms with Crippen molar-refractivity contribution in [2.75, 3.05) is 0 Å². The van der Waals surface area contributed by atoms with Gasteiger partial charge in [-0.05, 0) is 36.6 Å². The van der Waals surface area contributed by atoms with Crippen molar-refractivity contribution in [1.29, 1.82) is 0 Å². The molecule has 1 aromatic carbocycles. The summed E-state index contributed by atoms with van der Waals surface area (Å²) in [6.45, 7) is 1.83. The van der Waals surface area contributed by atoms with Crippen molar-refractivity contribution >= 4 is 5.97 Å². The number of nitrogens with two attached hydrogens (primary N) is 1. The Labute approximate surface area is 82.0 Å². The normalized spacial score (nSPS) is 12.4. The van der Waals surface area contributed by atoms with Crippen molar-refractivity contribution in [3.63, 3.8) is 0 Å². The third-order valence-electron chi connectivity index (χ3n) is 1.89. The molecular formula is C10H13NO3. The van der Waals surface area contributed by atoms with Gasteiger partial charge in [0.2, 0.25) is 0 Å². The molecule has 1 aromatic rings. The lowest BCUT2D eigenvalue weighted by atomic mass is 10.0. The molecule has 14 heavy (non-hydrogen) atoms. The first kappa shape index (κ1) is 10.5. The van der Waals surface area contributed by atoms with E-state index in [0.29, 0.717) is 0 Å². The summed E-state index contributed by atoms with van der Waals surface area (Å²) in [5.41, 5.74) is 6.99. The van der Waals surface area contributed by atoms with E-state index in [0.717, 1.165) is 11.1 Å². The standard InChI is InChI=1S/C10H13NO3/c1-6-2-7(4-8(12)3-6)5-9(11)10(13)14/h2-4,9,12H,5,11H2,1H3,(H,13,14)/t9-/m0/s1. The number of phenolic OH excluding ortho intramolecular Hbond substituents is 1. The lowest BCUT2D eigenvalue weighted by Gasteiger charge is -2.07. The second kappa shape index (κ2) is 4.11. The summed E-state index contributed by atoms with van der Waals surface area (Å²) in [4.78, 5) is 10.5. The number of rotatable bonds is 3. The molecule has 76 valence electrons. The van der Waals surface area contributed by atoms with E-state index in [1.165, 1.54) is 6.07 Å². The van der Waals surface area contributed by atoms with Crippen molar-refractivity contribution in [3.8, 4) is 5.75 Å². The highest BCUT2D eigenvalue weighted by molar-refractivity contribution is 5.73. The van der Waals surface area contributed by atoms with Crippen LogP contribution in [0, 0.1) is 6.92 Å². The van der Waals surface area contributed by atoms with Crippen LogP contribution in [0.25, 0.3) is 0 Å². The Bertz CT molecular complexity index is 329. The fourth-order valence-corrected chi connectivity index (χ4v) is 1.30. The van der Waals surface area contributed by atoms with Crippen molar-refractivity contribution in [3.05, 3.63) is 29.3 Å². The summed E-state index contributed by atoms with van der Waals surface area (Å²) in [5.74, 6) is -0.899. The third-order valence-corrected chi connectivity index (χ3v) is 1.89. The Morgan fingerprint density at radius 3 is 2.64 bits per heavy atom. The molecule has 4 N–H and O–H groups in total. The molecule has 0 aliphatic rings. The maximum Gasteiger partial charge on any atom is 0.320 e. The highest BCUT2D eigenvalue weighted by atomic mass is 16.4. The van der Waals surface area contributed by atoms with Gasteiger partial charge in [-0.25, -0.2) is 0 Å². The van der Waals surface area contributed by atoms with Gasteiger partial charge in [-0.15, -0.1) is 0 Å². The fraction of sp³-hybridized carbons (Fsp3) is 0.300. The molecule has 0 spiro atoms. The van der Waals surface area contributed by atoms with Crippen LogP contribution in [0.5, 0.6) is 5.75 Å². The lowest BCUT2D eigenvalue weighted by molar-refractivity contribution is -0.138. The predicted molar refractivity (Wildman–Crippen MR) is 52.2 cm³/mol. The van der Waals surface area contributed by atoms with Crippen LogP contribution in [0.1, 0.15) is 11.1 Å². The van der Waals surface area contributed by atoms with E-state index in [1.54, 1.807) is 6.07 Å². The van der Waals surface area contributed by atoms with Crippen molar-refractivity contribution in [2.24, 2.45) is 5.73 Å². The monoisotopic (exact) mass is 195 g/mol. The number of carboxylic acids is 1. The summed E-state index contributed by atoms with van der Waals surface area (Å²) in [6.07, 6.45) is 0.227. The van der Waals surface area contributed by atoms with Crippen LogP contribution in [0.4, 0.5) is 0 Å². The van der Waals surface area contributed by atoms with Gasteiger partial charge >= 0.3 is 5.97 Å².